The van der Waals surface area contributed by atoms with E-state index in [2.05, 4.69) is 22.2 Å². The van der Waals surface area contributed by atoms with Gasteiger partial charge in [0.05, 0.1) is 28.7 Å². The van der Waals surface area contributed by atoms with Gasteiger partial charge in [-0.1, -0.05) is 30.1 Å². The largest absolute Gasteiger partial charge is 0.323 e. The van der Waals surface area contributed by atoms with Crippen LogP contribution in [-0.4, -0.2) is 44.5 Å². The molecule has 8 nitrogen and oxygen atoms in total. The third-order valence-corrected chi connectivity index (χ3v) is 8.89. The summed E-state index contributed by atoms with van der Waals surface area (Å²) in [6, 6.07) is 4.89. The van der Waals surface area contributed by atoms with E-state index >= 15 is 0 Å². The molecule has 2 aromatic rings. The number of anilines is 2. The molecule has 0 radical (unpaired) electrons. The number of hydrogen-bond acceptors (Lipinski definition) is 5. The number of halogens is 2. The van der Waals surface area contributed by atoms with Crippen molar-refractivity contribution in [3.05, 3.63) is 40.0 Å². The summed E-state index contributed by atoms with van der Waals surface area (Å²) in [6.07, 6.45) is 3.26. The molecular weight excluding hydrogens is 453 g/mol. The van der Waals surface area contributed by atoms with Crippen molar-refractivity contribution in [2.45, 2.75) is 37.4 Å². The van der Waals surface area contributed by atoms with E-state index in [0.29, 0.717) is 27.1 Å². The average molecular weight is 472 g/mol. The molecule has 4 fully saturated rings. The number of fused-ring (bicyclic) bond motifs is 9. The first-order valence-electron chi connectivity index (χ1n) is 10.7. The van der Waals surface area contributed by atoms with Gasteiger partial charge in [0.2, 0.25) is 11.8 Å². The second-order valence-corrected chi connectivity index (χ2v) is 10.8. The molecule has 1 N–H and O–H groups in total. The van der Waals surface area contributed by atoms with Crippen LogP contribution < -0.4 is 10.2 Å². The van der Waals surface area contributed by atoms with Crippen molar-refractivity contribution in [3.63, 3.8) is 0 Å². The number of rotatable bonds is 1. The quantitative estimate of drug-likeness (QED) is 0.645. The maximum atomic E-state index is 14.0. The van der Waals surface area contributed by atoms with Crippen LogP contribution in [0.2, 0.25) is 10.0 Å². The van der Waals surface area contributed by atoms with Gasteiger partial charge < -0.3 is 5.32 Å². The highest BCUT2D eigenvalue weighted by molar-refractivity contribution is 6.38. The van der Waals surface area contributed by atoms with Crippen molar-refractivity contribution in [2.75, 3.05) is 10.2 Å². The lowest BCUT2D eigenvalue weighted by Gasteiger charge is -2.38. The minimum absolute atomic E-state index is 0.0390. The van der Waals surface area contributed by atoms with Gasteiger partial charge in [0, 0.05) is 35.8 Å². The second-order valence-electron chi connectivity index (χ2n) is 9.91. The summed E-state index contributed by atoms with van der Waals surface area (Å²) in [4.78, 5) is 44.9. The lowest BCUT2D eigenvalue weighted by molar-refractivity contribution is -0.136. The summed E-state index contributed by atoms with van der Waals surface area (Å²) >= 11 is 12.8. The zero-order chi connectivity index (χ0) is 22.3. The highest BCUT2D eigenvalue weighted by atomic mass is 35.5. The molecule has 5 heterocycles. The normalized spacial score (nSPS) is 38.9. The molecule has 10 heteroatoms. The number of piperidine rings is 1. The van der Waals surface area contributed by atoms with Crippen LogP contribution in [0.4, 0.5) is 11.5 Å². The zero-order valence-corrected chi connectivity index (χ0v) is 18.8. The topological polar surface area (TPSA) is 87.5 Å². The molecule has 32 heavy (non-hydrogen) atoms. The lowest BCUT2D eigenvalue weighted by atomic mass is 9.75. The Morgan fingerprint density at radius 2 is 1.94 bits per heavy atom. The molecule has 1 aromatic heterocycles. The van der Waals surface area contributed by atoms with E-state index < -0.39 is 17.4 Å². The first-order chi connectivity index (χ1) is 15.2. The van der Waals surface area contributed by atoms with Crippen molar-refractivity contribution in [1.82, 2.24) is 14.7 Å². The number of amides is 3. The fourth-order valence-electron chi connectivity index (χ4n) is 7.04. The van der Waals surface area contributed by atoms with E-state index in [0.717, 1.165) is 12.8 Å². The predicted octanol–water partition coefficient (Wildman–Crippen LogP) is 2.55. The maximum Gasteiger partial charge on any atom is 0.250 e. The summed E-state index contributed by atoms with van der Waals surface area (Å²) in [5, 5.41) is 7.78. The van der Waals surface area contributed by atoms with Crippen LogP contribution >= 0.6 is 23.2 Å². The summed E-state index contributed by atoms with van der Waals surface area (Å²) < 4.78 is 1.51. The van der Waals surface area contributed by atoms with Crippen LogP contribution in [0.1, 0.15) is 25.3 Å². The number of nitrogens with one attached hydrogen (secondary N) is 1. The smallest absolute Gasteiger partial charge is 0.250 e. The number of nitrogens with zero attached hydrogens (tertiary/aromatic N) is 4. The Kier molecular flexibility index (Phi) is 3.31. The van der Waals surface area contributed by atoms with Gasteiger partial charge in [0.25, 0.3) is 5.91 Å². The summed E-state index contributed by atoms with van der Waals surface area (Å²) in [5.41, 5.74) is -0.189. The number of carbonyl (C=O) groups excluding carboxylic acids is 3. The van der Waals surface area contributed by atoms with Crippen LogP contribution in [0.25, 0.3) is 0 Å². The van der Waals surface area contributed by atoms with Crippen LogP contribution in [-0.2, 0) is 27.0 Å². The maximum absolute atomic E-state index is 14.0. The van der Waals surface area contributed by atoms with Crippen LogP contribution in [0.15, 0.2) is 24.4 Å². The average Bonchev–Trinajstić information content (AvgIpc) is 3.14. The van der Waals surface area contributed by atoms with Crippen LogP contribution in [0.5, 0.6) is 0 Å². The summed E-state index contributed by atoms with van der Waals surface area (Å²) in [5.74, 6) is -2.01. The molecule has 5 unspecified atom stereocenters. The third kappa shape index (κ3) is 1.89. The Hall–Kier alpha value is -2.42. The second kappa shape index (κ2) is 5.55. The monoisotopic (exact) mass is 471 g/mol. The molecule has 1 aromatic carbocycles. The highest BCUT2D eigenvalue weighted by Crippen LogP contribution is 2.71. The molecule has 6 atom stereocenters. The number of hydrogen-bond donors (Lipinski definition) is 1. The number of aryl methyl sites for hydroxylation is 1. The van der Waals surface area contributed by atoms with Gasteiger partial charge in [-0.15, -0.1) is 0 Å². The summed E-state index contributed by atoms with van der Waals surface area (Å²) in [6.45, 7) is 2.19. The molecule has 164 valence electrons. The Bertz CT molecular complexity index is 1290. The molecule has 1 saturated carbocycles. The predicted molar refractivity (Wildman–Crippen MR) is 116 cm³/mol. The number of carbonyl (C=O) groups is 3. The van der Waals surface area contributed by atoms with Crippen LogP contribution in [0, 0.1) is 17.3 Å². The Morgan fingerprint density at radius 1 is 1.16 bits per heavy atom. The Labute approximate surface area is 193 Å². The van der Waals surface area contributed by atoms with Crippen molar-refractivity contribution in [2.24, 2.45) is 24.3 Å². The SMILES string of the molecule is Cn1nccc1N1C(=O)C2C3C[C@]4(C)CC4N3C3(C(=O)Nc4c(Cl)cc(Cl)cc43)C2C1=O. The molecule has 4 aliphatic heterocycles. The van der Waals surface area contributed by atoms with Gasteiger partial charge in [0.1, 0.15) is 11.4 Å². The van der Waals surface area contributed by atoms with Crippen molar-refractivity contribution in [3.8, 4) is 0 Å². The number of benzene rings is 1. The van der Waals surface area contributed by atoms with Gasteiger partial charge in [-0.05, 0) is 30.4 Å². The van der Waals surface area contributed by atoms with E-state index in [1.807, 2.05) is 0 Å². The standard InChI is InChI=1S/C22H19Cl2N5O3/c1-21-7-12-15-16(19(31)28(18(15)30)14-3-4-25-27(14)2)22(29(12)13(21)8-21)10-5-9(23)6-11(24)17(10)26-20(22)32/h3-6,12-13,15-16H,7-8H2,1-2H3,(H,26,32)/t12?,13?,15?,16?,21-,22?/m1/s1. The number of imide groups is 1. The fraction of sp³-hybridized carbons (Fsp3) is 0.455. The molecule has 7 rings (SSSR count). The molecule has 3 saturated heterocycles. The van der Waals surface area contributed by atoms with Crippen molar-refractivity contribution < 1.29 is 14.4 Å². The summed E-state index contributed by atoms with van der Waals surface area (Å²) in [7, 11) is 1.69. The van der Waals surface area contributed by atoms with Gasteiger partial charge in [-0.3, -0.25) is 24.0 Å². The minimum Gasteiger partial charge on any atom is -0.323 e. The van der Waals surface area contributed by atoms with Gasteiger partial charge in [-0.2, -0.15) is 5.10 Å². The van der Waals surface area contributed by atoms with Crippen molar-refractivity contribution >= 4 is 52.4 Å². The van der Waals surface area contributed by atoms with Gasteiger partial charge >= 0.3 is 0 Å². The third-order valence-electron chi connectivity index (χ3n) is 8.37. The Morgan fingerprint density at radius 3 is 2.66 bits per heavy atom. The highest BCUT2D eigenvalue weighted by Gasteiger charge is 2.81. The Balaban J connectivity index is 1.49. The van der Waals surface area contributed by atoms with E-state index in [-0.39, 0.29) is 35.2 Å². The molecule has 1 aliphatic carbocycles. The zero-order valence-electron chi connectivity index (χ0n) is 17.3. The van der Waals surface area contributed by atoms with E-state index in [9.17, 15) is 14.4 Å². The molecule has 1 spiro atoms. The van der Waals surface area contributed by atoms with Gasteiger partial charge in [0.15, 0.2) is 0 Å². The first-order valence-corrected chi connectivity index (χ1v) is 11.4. The van der Waals surface area contributed by atoms with E-state index in [1.165, 1.54) is 9.58 Å². The fourth-order valence-corrected chi connectivity index (χ4v) is 7.58. The molecule has 5 aliphatic rings. The lowest BCUT2D eigenvalue weighted by Crippen LogP contribution is -2.55. The molecule has 3 amide bonds. The minimum atomic E-state index is -1.31. The van der Waals surface area contributed by atoms with Crippen LogP contribution in [0.3, 0.4) is 0 Å². The van der Waals surface area contributed by atoms with E-state index in [1.54, 1.807) is 31.4 Å². The molecular formula is C22H19Cl2N5O3. The first kappa shape index (κ1) is 19.1. The van der Waals surface area contributed by atoms with Crippen molar-refractivity contribution in [1.29, 1.82) is 0 Å². The number of aromatic nitrogens is 2. The van der Waals surface area contributed by atoms with Gasteiger partial charge in [-0.25, -0.2) is 4.90 Å². The molecule has 0 bridgehead atoms. The van der Waals surface area contributed by atoms with E-state index in [4.69, 9.17) is 23.2 Å².